The molecule has 0 N–H and O–H groups in total. The van der Waals surface area contributed by atoms with Gasteiger partial charge in [-0.15, -0.1) is 0 Å². The molecule has 7 nitrogen and oxygen atoms in total. The zero-order valence-electron chi connectivity index (χ0n) is 18.8. The van der Waals surface area contributed by atoms with E-state index in [9.17, 15) is 17.6 Å². The van der Waals surface area contributed by atoms with Crippen molar-refractivity contribution in [3.63, 3.8) is 0 Å². The van der Waals surface area contributed by atoms with Crippen LogP contribution < -0.4 is 10.3 Å². The van der Waals surface area contributed by atoms with Crippen LogP contribution in [-0.2, 0) is 29.7 Å². The fraction of sp³-hybridized carbons (Fsp3) is 0.250. The lowest BCUT2D eigenvalue weighted by molar-refractivity contribution is 0.339. The Bertz CT molecular complexity index is 1540. The first-order valence-electron chi connectivity index (χ1n) is 10.3. The summed E-state index contributed by atoms with van der Waals surface area (Å²) in [5, 5.41) is 5.35. The molecule has 2 aromatic carbocycles. The second-order valence-electron chi connectivity index (χ2n) is 8.06. The highest BCUT2D eigenvalue weighted by Gasteiger charge is 2.19. The number of pyridine rings is 1. The summed E-state index contributed by atoms with van der Waals surface area (Å²) in [5.74, 6) is -0.820. The molecule has 0 bridgehead atoms. The summed E-state index contributed by atoms with van der Waals surface area (Å²) in [5.41, 5.74) is 2.76. The first-order chi connectivity index (χ1) is 15.6. The van der Waals surface area contributed by atoms with Crippen LogP contribution in [0.25, 0.3) is 33.0 Å². The van der Waals surface area contributed by atoms with Crippen molar-refractivity contribution in [2.24, 2.45) is 14.1 Å². The van der Waals surface area contributed by atoms with Gasteiger partial charge in [-0.05, 0) is 36.1 Å². The van der Waals surface area contributed by atoms with E-state index in [0.29, 0.717) is 28.5 Å². The van der Waals surface area contributed by atoms with Crippen molar-refractivity contribution >= 4 is 20.6 Å². The predicted octanol–water partition coefficient (Wildman–Crippen LogP) is 3.69. The van der Waals surface area contributed by atoms with Gasteiger partial charge in [0, 0.05) is 66.5 Å². The van der Waals surface area contributed by atoms with E-state index in [1.54, 1.807) is 37.1 Å². The van der Waals surface area contributed by atoms with Crippen LogP contribution in [0, 0.1) is 5.82 Å². The average Bonchev–Trinajstić information content (AvgIpc) is 3.18. The fourth-order valence-corrected chi connectivity index (χ4v) is 4.69. The Morgan fingerprint density at radius 3 is 2.42 bits per heavy atom. The van der Waals surface area contributed by atoms with Gasteiger partial charge < -0.3 is 9.30 Å². The van der Waals surface area contributed by atoms with E-state index in [1.807, 2.05) is 25.4 Å². The summed E-state index contributed by atoms with van der Waals surface area (Å²) in [4.78, 5) is 12.9. The molecule has 0 atom stereocenters. The molecular formula is C24H24FN3O4S. The molecule has 0 spiro atoms. The van der Waals surface area contributed by atoms with Crippen molar-refractivity contribution in [1.29, 1.82) is 0 Å². The molecule has 0 amide bonds. The molecule has 2 heterocycles. The third-order valence-electron chi connectivity index (χ3n) is 5.38. The zero-order chi connectivity index (χ0) is 23.9. The molecule has 0 radical (unpaired) electrons. The topological polar surface area (TPSA) is 83.2 Å². The van der Waals surface area contributed by atoms with Crippen molar-refractivity contribution in [2.45, 2.75) is 12.7 Å². The minimum absolute atomic E-state index is 0.0429. The van der Waals surface area contributed by atoms with Crippen molar-refractivity contribution in [1.82, 2.24) is 14.3 Å². The number of fused-ring (bicyclic) bond motifs is 1. The fourth-order valence-electron chi connectivity index (χ4n) is 3.91. The van der Waals surface area contributed by atoms with Gasteiger partial charge in [0.15, 0.2) is 9.84 Å². The van der Waals surface area contributed by atoms with Gasteiger partial charge >= 0.3 is 0 Å². The van der Waals surface area contributed by atoms with Crippen molar-refractivity contribution in [3.8, 4) is 28.0 Å². The molecule has 4 rings (SSSR count). The summed E-state index contributed by atoms with van der Waals surface area (Å²) in [6.07, 6.45) is 6.33. The van der Waals surface area contributed by atoms with Crippen LogP contribution in [0.5, 0.6) is 5.75 Å². The van der Waals surface area contributed by atoms with E-state index in [1.165, 1.54) is 16.7 Å². The Morgan fingerprint density at radius 1 is 1.03 bits per heavy atom. The molecule has 0 aliphatic heterocycles. The van der Waals surface area contributed by atoms with Gasteiger partial charge in [0.25, 0.3) is 5.56 Å². The van der Waals surface area contributed by atoms with Crippen molar-refractivity contribution < 1.29 is 17.5 Å². The zero-order valence-corrected chi connectivity index (χ0v) is 19.6. The lowest BCUT2D eigenvalue weighted by atomic mass is 9.95. The van der Waals surface area contributed by atoms with E-state index >= 15 is 0 Å². The molecule has 172 valence electrons. The lowest BCUT2D eigenvalue weighted by Gasteiger charge is -2.16. The molecule has 9 heteroatoms. The lowest BCUT2D eigenvalue weighted by Crippen LogP contribution is -2.16. The Kier molecular flexibility index (Phi) is 5.84. The van der Waals surface area contributed by atoms with Gasteiger partial charge in [-0.1, -0.05) is 6.07 Å². The molecule has 0 unspecified atom stereocenters. The second-order valence-corrected chi connectivity index (χ2v) is 10.2. The molecule has 33 heavy (non-hydrogen) atoms. The van der Waals surface area contributed by atoms with Gasteiger partial charge in [-0.25, -0.2) is 12.8 Å². The largest absolute Gasteiger partial charge is 0.493 e. The van der Waals surface area contributed by atoms with Crippen LogP contribution in [0.15, 0.2) is 53.7 Å². The summed E-state index contributed by atoms with van der Waals surface area (Å²) < 4.78 is 47.3. The Labute approximate surface area is 191 Å². The number of benzene rings is 2. The highest BCUT2D eigenvalue weighted by molar-refractivity contribution is 7.89. The standard InChI is InChI=1S/C24H24FN3O4S/c1-5-32-23-10-22(25)16(14-33(4,30)31)9-20(23)21-13-27(2)24(29)18-7-6-15(8-19(18)21)17-11-26-28(3)12-17/h6-13H,5,14H2,1-4H3. The number of halogens is 1. The summed E-state index contributed by atoms with van der Waals surface area (Å²) in [6, 6.07) is 8.20. The highest BCUT2D eigenvalue weighted by atomic mass is 32.2. The molecule has 0 aliphatic rings. The van der Waals surface area contributed by atoms with Gasteiger partial charge in [0.1, 0.15) is 11.6 Å². The van der Waals surface area contributed by atoms with E-state index in [2.05, 4.69) is 5.10 Å². The maximum absolute atomic E-state index is 14.7. The van der Waals surface area contributed by atoms with Gasteiger partial charge in [0.05, 0.1) is 18.6 Å². The number of aryl methyl sites for hydroxylation is 2. The van der Waals surface area contributed by atoms with Crippen LogP contribution >= 0.6 is 0 Å². The highest BCUT2D eigenvalue weighted by Crippen LogP contribution is 2.37. The quantitative estimate of drug-likeness (QED) is 0.430. The number of sulfone groups is 1. The van der Waals surface area contributed by atoms with E-state index in [0.717, 1.165) is 17.4 Å². The van der Waals surface area contributed by atoms with Crippen molar-refractivity contribution in [2.75, 3.05) is 12.9 Å². The summed E-state index contributed by atoms with van der Waals surface area (Å²) in [7, 11) is -0.00505. The third kappa shape index (κ3) is 4.54. The molecule has 2 aromatic heterocycles. The van der Waals surface area contributed by atoms with Gasteiger partial charge in [-0.2, -0.15) is 5.10 Å². The molecule has 0 aliphatic carbocycles. The van der Waals surface area contributed by atoms with Crippen LogP contribution in [-0.4, -0.2) is 35.6 Å². The van der Waals surface area contributed by atoms with E-state index < -0.39 is 21.4 Å². The first-order valence-corrected chi connectivity index (χ1v) is 12.4. The third-order valence-corrected chi connectivity index (χ3v) is 6.21. The summed E-state index contributed by atoms with van der Waals surface area (Å²) in [6.45, 7) is 2.08. The number of rotatable bonds is 6. The van der Waals surface area contributed by atoms with Crippen LogP contribution in [0.4, 0.5) is 4.39 Å². The Hall–Kier alpha value is -3.46. The van der Waals surface area contributed by atoms with Crippen LogP contribution in [0.1, 0.15) is 12.5 Å². The number of aromatic nitrogens is 3. The Morgan fingerprint density at radius 2 is 1.79 bits per heavy atom. The predicted molar refractivity (Wildman–Crippen MR) is 127 cm³/mol. The molecule has 0 saturated carbocycles. The normalized spacial score (nSPS) is 11.8. The van der Waals surface area contributed by atoms with Crippen molar-refractivity contribution in [3.05, 3.63) is 70.7 Å². The molecule has 0 fully saturated rings. The van der Waals surface area contributed by atoms with Crippen LogP contribution in [0.3, 0.4) is 0 Å². The van der Waals surface area contributed by atoms with E-state index in [4.69, 9.17) is 4.74 Å². The molecule has 0 saturated heterocycles. The number of hydrogen-bond acceptors (Lipinski definition) is 5. The maximum atomic E-state index is 14.7. The monoisotopic (exact) mass is 469 g/mol. The molecule has 4 aromatic rings. The van der Waals surface area contributed by atoms with Crippen LogP contribution in [0.2, 0.25) is 0 Å². The average molecular weight is 470 g/mol. The SMILES string of the molecule is CCOc1cc(F)c(CS(C)(=O)=O)cc1-c1cn(C)c(=O)c2ccc(-c3cnn(C)c3)cc12. The minimum atomic E-state index is -3.47. The number of hydrogen-bond donors (Lipinski definition) is 0. The number of nitrogens with zero attached hydrogens (tertiary/aromatic N) is 3. The van der Waals surface area contributed by atoms with E-state index in [-0.39, 0.29) is 16.9 Å². The number of ether oxygens (including phenoxy) is 1. The maximum Gasteiger partial charge on any atom is 0.258 e. The van der Waals surface area contributed by atoms with Gasteiger partial charge in [0.2, 0.25) is 0 Å². The minimum Gasteiger partial charge on any atom is -0.493 e. The summed E-state index contributed by atoms with van der Waals surface area (Å²) >= 11 is 0. The first kappa shape index (κ1) is 22.7. The van der Waals surface area contributed by atoms with Gasteiger partial charge in [-0.3, -0.25) is 9.48 Å². The Balaban J connectivity index is 2.04. The smallest absolute Gasteiger partial charge is 0.258 e. The second kappa shape index (κ2) is 8.47. The molecular weight excluding hydrogens is 445 g/mol.